The lowest BCUT2D eigenvalue weighted by molar-refractivity contribution is -0.118. The maximum atomic E-state index is 10.5. The first kappa shape index (κ1) is 9.68. The quantitative estimate of drug-likeness (QED) is 0.620. The summed E-state index contributed by atoms with van der Waals surface area (Å²) in [6.07, 6.45) is 3.94. The molecule has 1 saturated heterocycles. The van der Waals surface area contributed by atoms with Gasteiger partial charge in [0.15, 0.2) is 0 Å². The van der Waals surface area contributed by atoms with Gasteiger partial charge in [-0.25, -0.2) is 0 Å². The highest BCUT2D eigenvalue weighted by Gasteiger charge is 2.18. The van der Waals surface area contributed by atoms with E-state index in [4.69, 9.17) is 4.74 Å². The zero-order valence-electron chi connectivity index (χ0n) is 7.58. The molecule has 0 aromatic heterocycles. The van der Waals surface area contributed by atoms with Crippen LogP contribution in [-0.4, -0.2) is 31.6 Å². The minimum atomic E-state index is -0.203. The average Bonchev–Trinajstić information content (AvgIpc) is 2.56. The minimum Gasteiger partial charge on any atom is -0.371 e. The Hall–Kier alpha value is -0.410. The van der Waals surface area contributed by atoms with Gasteiger partial charge in [0, 0.05) is 12.6 Å². The molecule has 12 heavy (non-hydrogen) atoms. The van der Waals surface area contributed by atoms with Crippen LogP contribution in [0.15, 0.2) is 0 Å². The van der Waals surface area contributed by atoms with Gasteiger partial charge in [-0.2, -0.15) is 0 Å². The summed E-state index contributed by atoms with van der Waals surface area (Å²) < 4.78 is 5.24. The second kappa shape index (κ2) is 5.27. The fourth-order valence-electron chi connectivity index (χ4n) is 1.62. The molecule has 2 atom stereocenters. The molecule has 0 radical (unpaired) electrons. The molecule has 0 aromatic rings. The SMILES string of the molecule is CCOC(C=O)CC1CCCN1. The molecule has 0 bridgehead atoms. The minimum absolute atomic E-state index is 0.203. The van der Waals surface area contributed by atoms with E-state index in [2.05, 4.69) is 5.32 Å². The van der Waals surface area contributed by atoms with E-state index in [1.165, 1.54) is 12.8 Å². The van der Waals surface area contributed by atoms with Crippen LogP contribution >= 0.6 is 0 Å². The largest absolute Gasteiger partial charge is 0.371 e. The second-order valence-electron chi connectivity index (χ2n) is 3.16. The molecule has 0 saturated carbocycles. The Balaban J connectivity index is 2.20. The van der Waals surface area contributed by atoms with Crippen LogP contribution in [-0.2, 0) is 9.53 Å². The van der Waals surface area contributed by atoms with E-state index in [1.807, 2.05) is 6.92 Å². The predicted molar refractivity (Wildman–Crippen MR) is 47.1 cm³/mol. The maximum absolute atomic E-state index is 10.5. The Morgan fingerprint density at radius 3 is 3.08 bits per heavy atom. The van der Waals surface area contributed by atoms with Crippen LogP contribution in [0, 0.1) is 0 Å². The summed E-state index contributed by atoms with van der Waals surface area (Å²) in [5, 5.41) is 3.34. The number of carbonyl (C=O) groups is 1. The summed E-state index contributed by atoms with van der Waals surface area (Å²) in [6, 6.07) is 0.492. The van der Waals surface area contributed by atoms with Crippen LogP contribution in [0.4, 0.5) is 0 Å². The van der Waals surface area contributed by atoms with Crippen molar-refractivity contribution in [3.05, 3.63) is 0 Å². The van der Waals surface area contributed by atoms with Gasteiger partial charge in [-0.15, -0.1) is 0 Å². The molecule has 3 nitrogen and oxygen atoms in total. The third-order valence-corrected chi connectivity index (χ3v) is 2.21. The van der Waals surface area contributed by atoms with Crippen LogP contribution in [0.2, 0.25) is 0 Å². The van der Waals surface area contributed by atoms with Crippen molar-refractivity contribution in [1.82, 2.24) is 5.32 Å². The molecular formula is C9H17NO2. The van der Waals surface area contributed by atoms with Crippen molar-refractivity contribution in [2.45, 2.75) is 38.3 Å². The predicted octanol–water partition coefficient (Wildman–Crippen LogP) is 0.732. The highest BCUT2D eigenvalue weighted by Crippen LogP contribution is 2.11. The van der Waals surface area contributed by atoms with Crippen LogP contribution in [0.3, 0.4) is 0 Å². The van der Waals surface area contributed by atoms with Gasteiger partial charge in [-0.3, -0.25) is 0 Å². The Kier molecular flexibility index (Phi) is 4.25. The molecule has 0 spiro atoms. The summed E-state index contributed by atoms with van der Waals surface area (Å²) in [5.41, 5.74) is 0. The lowest BCUT2D eigenvalue weighted by Gasteiger charge is -2.15. The highest BCUT2D eigenvalue weighted by atomic mass is 16.5. The number of hydrogen-bond donors (Lipinski definition) is 1. The van der Waals surface area contributed by atoms with E-state index in [0.29, 0.717) is 12.6 Å². The number of carbonyl (C=O) groups excluding carboxylic acids is 1. The normalized spacial score (nSPS) is 25.6. The number of hydrogen-bond acceptors (Lipinski definition) is 3. The van der Waals surface area contributed by atoms with Gasteiger partial charge in [0.2, 0.25) is 0 Å². The van der Waals surface area contributed by atoms with Gasteiger partial charge in [-0.05, 0) is 32.7 Å². The maximum Gasteiger partial charge on any atom is 0.148 e. The Bertz CT molecular complexity index is 132. The van der Waals surface area contributed by atoms with E-state index >= 15 is 0 Å². The van der Waals surface area contributed by atoms with Crippen LogP contribution in [0.1, 0.15) is 26.2 Å². The molecule has 0 amide bonds. The Morgan fingerprint density at radius 2 is 2.58 bits per heavy atom. The van der Waals surface area contributed by atoms with Crippen molar-refractivity contribution in [3.63, 3.8) is 0 Å². The summed E-state index contributed by atoms with van der Waals surface area (Å²) >= 11 is 0. The van der Waals surface area contributed by atoms with E-state index in [0.717, 1.165) is 19.3 Å². The van der Waals surface area contributed by atoms with Crippen LogP contribution in [0.25, 0.3) is 0 Å². The first-order valence-electron chi connectivity index (χ1n) is 4.67. The van der Waals surface area contributed by atoms with Gasteiger partial charge in [0.25, 0.3) is 0 Å². The van der Waals surface area contributed by atoms with Crippen LogP contribution < -0.4 is 5.32 Å². The molecule has 1 aliphatic rings. The third-order valence-electron chi connectivity index (χ3n) is 2.21. The summed E-state index contributed by atoms with van der Waals surface area (Å²) in [4.78, 5) is 10.5. The van der Waals surface area contributed by atoms with Gasteiger partial charge in [-0.1, -0.05) is 0 Å². The fraction of sp³-hybridized carbons (Fsp3) is 0.889. The van der Waals surface area contributed by atoms with Crippen molar-refractivity contribution in [2.75, 3.05) is 13.2 Å². The average molecular weight is 171 g/mol. The van der Waals surface area contributed by atoms with Crippen molar-refractivity contribution >= 4 is 6.29 Å². The zero-order valence-corrected chi connectivity index (χ0v) is 7.58. The summed E-state index contributed by atoms with van der Waals surface area (Å²) in [7, 11) is 0. The third kappa shape index (κ3) is 2.91. The van der Waals surface area contributed by atoms with E-state index in [-0.39, 0.29) is 6.10 Å². The second-order valence-corrected chi connectivity index (χ2v) is 3.16. The zero-order chi connectivity index (χ0) is 8.81. The number of ether oxygens (including phenoxy) is 1. The van der Waals surface area contributed by atoms with Gasteiger partial charge in [0.1, 0.15) is 12.4 Å². The summed E-state index contributed by atoms with van der Waals surface area (Å²) in [6.45, 7) is 3.62. The Morgan fingerprint density at radius 1 is 1.75 bits per heavy atom. The number of aldehydes is 1. The molecule has 70 valence electrons. The van der Waals surface area contributed by atoms with Gasteiger partial charge in [0.05, 0.1) is 0 Å². The standard InChI is InChI=1S/C9H17NO2/c1-2-12-9(7-11)6-8-4-3-5-10-8/h7-10H,2-6H2,1H3. The molecule has 2 unspecified atom stereocenters. The molecule has 1 heterocycles. The lowest BCUT2D eigenvalue weighted by Crippen LogP contribution is -2.29. The lowest BCUT2D eigenvalue weighted by atomic mass is 10.1. The van der Waals surface area contributed by atoms with E-state index in [9.17, 15) is 4.79 Å². The molecule has 3 heteroatoms. The number of rotatable bonds is 5. The first-order chi connectivity index (χ1) is 5.86. The molecule has 0 aliphatic carbocycles. The van der Waals surface area contributed by atoms with Crippen LogP contribution in [0.5, 0.6) is 0 Å². The number of nitrogens with one attached hydrogen (secondary N) is 1. The van der Waals surface area contributed by atoms with Gasteiger partial charge < -0.3 is 14.8 Å². The Labute approximate surface area is 73.5 Å². The highest BCUT2D eigenvalue weighted by molar-refractivity contribution is 5.56. The van der Waals surface area contributed by atoms with E-state index in [1.54, 1.807) is 0 Å². The van der Waals surface area contributed by atoms with Gasteiger partial charge >= 0.3 is 0 Å². The fourth-order valence-corrected chi connectivity index (χ4v) is 1.62. The van der Waals surface area contributed by atoms with E-state index < -0.39 is 0 Å². The molecule has 0 aromatic carbocycles. The molecule has 1 rings (SSSR count). The smallest absolute Gasteiger partial charge is 0.148 e. The molecular weight excluding hydrogens is 154 g/mol. The van der Waals surface area contributed by atoms with Crippen molar-refractivity contribution < 1.29 is 9.53 Å². The summed E-state index contributed by atoms with van der Waals surface area (Å²) in [5.74, 6) is 0. The molecule has 1 fully saturated rings. The first-order valence-corrected chi connectivity index (χ1v) is 4.67. The topological polar surface area (TPSA) is 38.3 Å². The monoisotopic (exact) mass is 171 g/mol. The molecule has 1 aliphatic heterocycles. The van der Waals surface area contributed by atoms with Crippen molar-refractivity contribution in [2.24, 2.45) is 0 Å². The van der Waals surface area contributed by atoms with Crippen molar-refractivity contribution in [3.8, 4) is 0 Å². The molecule has 1 N–H and O–H groups in total. The van der Waals surface area contributed by atoms with Crippen molar-refractivity contribution in [1.29, 1.82) is 0 Å².